The van der Waals surface area contributed by atoms with E-state index in [2.05, 4.69) is 17.6 Å². The monoisotopic (exact) mass is 429 g/mol. The number of hydrogen-bond acceptors (Lipinski definition) is 5. The number of ether oxygens (including phenoxy) is 1. The number of unbranched alkanes of at least 4 members (excludes halogenated alkanes) is 2. The van der Waals surface area contributed by atoms with Gasteiger partial charge in [0.25, 0.3) is 0 Å². The van der Waals surface area contributed by atoms with Crippen molar-refractivity contribution in [2.24, 2.45) is 0 Å². The van der Waals surface area contributed by atoms with Crippen molar-refractivity contribution >= 4 is 28.0 Å². The fourth-order valence-corrected chi connectivity index (χ4v) is 2.90. The van der Waals surface area contributed by atoms with Crippen LogP contribution in [0.3, 0.4) is 0 Å². The lowest BCUT2D eigenvalue weighted by atomic mass is 10.0. The van der Waals surface area contributed by atoms with Crippen molar-refractivity contribution < 1.29 is 27.3 Å². The molecule has 0 saturated carbocycles. The first-order chi connectivity index (χ1) is 13.4. The number of nitrogens with one attached hydrogen (secondary N) is 3. The summed E-state index contributed by atoms with van der Waals surface area (Å²) in [5.74, 6) is -0.327. The maximum absolute atomic E-state index is 12.6. The number of alkyl carbamates (subject to hydrolysis) is 1. The van der Waals surface area contributed by atoms with Crippen LogP contribution in [0.15, 0.2) is 24.3 Å². The van der Waals surface area contributed by atoms with Crippen molar-refractivity contribution in [1.82, 2.24) is 10.6 Å². The predicted octanol–water partition coefficient (Wildman–Crippen LogP) is 2.64. The van der Waals surface area contributed by atoms with E-state index in [0.717, 1.165) is 19.3 Å². The number of hydrogen-bond donors (Lipinski definition) is 4. The van der Waals surface area contributed by atoms with Gasteiger partial charge in [0.05, 0.1) is 5.69 Å². The van der Waals surface area contributed by atoms with Crippen LogP contribution in [0, 0.1) is 0 Å². The van der Waals surface area contributed by atoms with E-state index in [4.69, 9.17) is 9.29 Å². The van der Waals surface area contributed by atoms with E-state index in [9.17, 15) is 18.0 Å². The van der Waals surface area contributed by atoms with Crippen LogP contribution in [0.1, 0.15) is 52.5 Å². The van der Waals surface area contributed by atoms with E-state index in [-0.39, 0.29) is 18.0 Å². The van der Waals surface area contributed by atoms with E-state index < -0.39 is 28.0 Å². The van der Waals surface area contributed by atoms with Crippen molar-refractivity contribution in [3.8, 4) is 0 Å². The highest BCUT2D eigenvalue weighted by Gasteiger charge is 2.24. The van der Waals surface area contributed by atoms with Gasteiger partial charge in [0.2, 0.25) is 5.91 Å². The molecule has 0 aliphatic carbocycles. The van der Waals surface area contributed by atoms with Gasteiger partial charge in [0, 0.05) is 13.0 Å². The minimum Gasteiger partial charge on any atom is -0.444 e. The van der Waals surface area contributed by atoms with E-state index in [1.54, 1.807) is 32.9 Å². The van der Waals surface area contributed by atoms with Crippen molar-refractivity contribution in [3.63, 3.8) is 0 Å². The second kappa shape index (κ2) is 11.0. The van der Waals surface area contributed by atoms with Crippen LogP contribution in [0.5, 0.6) is 0 Å². The summed E-state index contributed by atoms with van der Waals surface area (Å²) in [6, 6.07) is 5.25. The van der Waals surface area contributed by atoms with Crippen molar-refractivity contribution in [2.75, 3.05) is 11.3 Å². The van der Waals surface area contributed by atoms with Gasteiger partial charge in [-0.1, -0.05) is 31.9 Å². The first-order valence-electron chi connectivity index (χ1n) is 9.51. The zero-order valence-corrected chi connectivity index (χ0v) is 18.1. The van der Waals surface area contributed by atoms with Gasteiger partial charge in [-0.15, -0.1) is 0 Å². The Kier molecular flexibility index (Phi) is 9.38. The van der Waals surface area contributed by atoms with E-state index in [1.807, 2.05) is 4.72 Å². The lowest BCUT2D eigenvalue weighted by Crippen LogP contribution is -2.49. The third-order valence-electron chi connectivity index (χ3n) is 3.73. The molecule has 0 aromatic heterocycles. The molecule has 29 heavy (non-hydrogen) atoms. The lowest BCUT2D eigenvalue weighted by Gasteiger charge is -2.23. The minimum absolute atomic E-state index is 0.178. The molecule has 9 nitrogen and oxygen atoms in total. The molecule has 0 unspecified atom stereocenters. The maximum atomic E-state index is 12.6. The standard InChI is InChI=1S/C19H31N3O6S/c1-5-6-7-12-20-17(23)16(21-18(24)28-19(2,3)4)13-14-8-10-15(11-9-14)22-29(25,26)27/h8-11,16,22H,5-7,12-13H2,1-4H3,(H,20,23)(H,21,24)(H,25,26,27)/t16-/m1/s1. The summed E-state index contributed by atoms with van der Waals surface area (Å²) in [5, 5.41) is 5.41. The highest BCUT2D eigenvalue weighted by molar-refractivity contribution is 7.87. The summed E-state index contributed by atoms with van der Waals surface area (Å²) >= 11 is 0. The SMILES string of the molecule is CCCCCNC(=O)[C@@H](Cc1ccc(NS(=O)(=O)O)cc1)NC(=O)OC(C)(C)C. The summed E-state index contributed by atoms with van der Waals surface area (Å²) < 4.78 is 37.7. The lowest BCUT2D eigenvalue weighted by molar-refractivity contribution is -0.123. The maximum Gasteiger partial charge on any atom is 0.408 e. The summed E-state index contributed by atoms with van der Waals surface area (Å²) in [6.45, 7) is 7.76. The third kappa shape index (κ3) is 11.3. The summed E-state index contributed by atoms with van der Waals surface area (Å²) in [6.07, 6.45) is 2.35. The Morgan fingerprint density at radius 1 is 1.14 bits per heavy atom. The molecule has 4 N–H and O–H groups in total. The molecular weight excluding hydrogens is 398 g/mol. The van der Waals surface area contributed by atoms with Crippen molar-refractivity contribution in [3.05, 3.63) is 29.8 Å². The molecule has 0 aliphatic rings. The zero-order valence-electron chi connectivity index (χ0n) is 17.3. The molecule has 0 aliphatic heterocycles. The molecule has 0 spiro atoms. The molecule has 1 rings (SSSR count). The Hall–Kier alpha value is -2.33. The fraction of sp³-hybridized carbons (Fsp3) is 0.579. The van der Waals surface area contributed by atoms with Gasteiger partial charge in [-0.3, -0.25) is 14.1 Å². The van der Waals surface area contributed by atoms with Gasteiger partial charge in [-0.2, -0.15) is 8.42 Å². The Balaban J connectivity index is 2.83. The second-order valence-corrected chi connectivity index (χ2v) is 8.83. The van der Waals surface area contributed by atoms with Crippen LogP contribution in [-0.2, 0) is 26.3 Å². The summed E-state index contributed by atoms with van der Waals surface area (Å²) in [4.78, 5) is 24.7. The number of benzene rings is 1. The molecule has 2 amide bonds. The molecule has 164 valence electrons. The molecule has 10 heteroatoms. The molecular formula is C19H31N3O6S. The van der Waals surface area contributed by atoms with Crippen molar-refractivity contribution in [2.45, 2.75) is 65.0 Å². The fourth-order valence-electron chi connectivity index (χ4n) is 2.46. The number of carbonyl (C=O) groups excluding carboxylic acids is 2. The van der Waals surface area contributed by atoms with Crippen LogP contribution in [0.4, 0.5) is 10.5 Å². The normalized spacial score (nSPS) is 12.7. The zero-order chi connectivity index (χ0) is 22.1. The van der Waals surface area contributed by atoms with Gasteiger partial charge >= 0.3 is 16.4 Å². The number of rotatable bonds is 10. The summed E-state index contributed by atoms with van der Waals surface area (Å²) in [5.41, 5.74) is 0.169. The Morgan fingerprint density at radius 2 is 1.76 bits per heavy atom. The largest absolute Gasteiger partial charge is 0.444 e. The smallest absolute Gasteiger partial charge is 0.408 e. The topological polar surface area (TPSA) is 134 Å². The molecule has 1 atom stereocenters. The molecule has 0 radical (unpaired) electrons. The average molecular weight is 430 g/mol. The second-order valence-electron chi connectivity index (χ2n) is 7.68. The van der Waals surface area contributed by atoms with Gasteiger partial charge < -0.3 is 15.4 Å². The van der Waals surface area contributed by atoms with E-state index in [0.29, 0.717) is 12.1 Å². The molecule has 1 aromatic rings. The minimum atomic E-state index is -4.36. The molecule has 0 bridgehead atoms. The predicted molar refractivity (Wildman–Crippen MR) is 111 cm³/mol. The van der Waals surface area contributed by atoms with Crippen LogP contribution in [0.25, 0.3) is 0 Å². The van der Waals surface area contributed by atoms with Crippen LogP contribution in [-0.4, -0.2) is 43.2 Å². The Bertz CT molecular complexity index is 772. The third-order valence-corrected chi connectivity index (χ3v) is 4.22. The quantitative estimate of drug-likeness (QED) is 0.334. The molecule has 0 saturated heterocycles. The van der Waals surface area contributed by atoms with Crippen LogP contribution in [0.2, 0.25) is 0 Å². The number of amides is 2. The van der Waals surface area contributed by atoms with Crippen molar-refractivity contribution in [1.29, 1.82) is 0 Å². The number of anilines is 1. The van der Waals surface area contributed by atoms with E-state index in [1.165, 1.54) is 12.1 Å². The van der Waals surface area contributed by atoms with E-state index >= 15 is 0 Å². The van der Waals surface area contributed by atoms with Crippen LogP contribution >= 0.6 is 0 Å². The molecule has 0 fully saturated rings. The average Bonchev–Trinajstić information content (AvgIpc) is 2.56. The van der Waals surface area contributed by atoms with Gasteiger partial charge in [-0.05, 0) is 44.9 Å². The molecule has 0 heterocycles. The highest BCUT2D eigenvalue weighted by Crippen LogP contribution is 2.13. The van der Waals surface area contributed by atoms with Crippen LogP contribution < -0.4 is 15.4 Å². The number of carbonyl (C=O) groups is 2. The highest BCUT2D eigenvalue weighted by atomic mass is 32.2. The van der Waals surface area contributed by atoms with Gasteiger partial charge in [0.15, 0.2) is 0 Å². The van der Waals surface area contributed by atoms with Gasteiger partial charge in [0.1, 0.15) is 11.6 Å². The first-order valence-corrected chi connectivity index (χ1v) is 10.9. The Labute approximate surface area is 172 Å². The first kappa shape index (κ1) is 24.7. The molecule has 1 aromatic carbocycles. The Morgan fingerprint density at radius 3 is 2.28 bits per heavy atom. The summed E-state index contributed by atoms with van der Waals surface area (Å²) in [7, 11) is -4.36. The van der Waals surface area contributed by atoms with Gasteiger partial charge in [-0.25, -0.2) is 4.79 Å².